The summed E-state index contributed by atoms with van der Waals surface area (Å²) in [5.74, 6) is 0.107. The second-order valence-electron chi connectivity index (χ2n) is 5.45. The highest BCUT2D eigenvalue weighted by Crippen LogP contribution is 2.22. The van der Waals surface area contributed by atoms with Gasteiger partial charge in [0.05, 0.1) is 16.8 Å². The standard InChI is InChI=1S/C15H21N3O2S/c1-9(4-10(2)19)6-17-15(20)13-5-12(7-16-13)14-8-21-11(3)18-14/h5,7-10,16,19H,4,6H2,1-3H3,(H,17,20). The van der Waals surface area contributed by atoms with Crippen molar-refractivity contribution in [1.82, 2.24) is 15.3 Å². The van der Waals surface area contributed by atoms with Gasteiger partial charge in [0.15, 0.2) is 0 Å². The van der Waals surface area contributed by atoms with E-state index in [4.69, 9.17) is 0 Å². The zero-order valence-corrected chi connectivity index (χ0v) is 13.3. The van der Waals surface area contributed by atoms with Gasteiger partial charge in [-0.25, -0.2) is 4.98 Å². The number of aryl methyl sites for hydroxylation is 1. The molecule has 2 heterocycles. The number of nitrogens with one attached hydrogen (secondary N) is 2. The van der Waals surface area contributed by atoms with Gasteiger partial charge in [0.1, 0.15) is 5.69 Å². The third-order valence-corrected chi connectivity index (χ3v) is 3.97. The molecule has 21 heavy (non-hydrogen) atoms. The Balaban J connectivity index is 1.93. The molecule has 0 aliphatic carbocycles. The maximum absolute atomic E-state index is 12.1. The van der Waals surface area contributed by atoms with Crippen LogP contribution in [0.3, 0.4) is 0 Å². The lowest BCUT2D eigenvalue weighted by molar-refractivity contribution is 0.0935. The van der Waals surface area contributed by atoms with Gasteiger partial charge in [-0.1, -0.05) is 6.92 Å². The first kappa shape index (κ1) is 15.7. The number of aromatic nitrogens is 2. The van der Waals surface area contributed by atoms with Crippen molar-refractivity contribution in [3.05, 3.63) is 28.3 Å². The summed E-state index contributed by atoms with van der Waals surface area (Å²) < 4.78 is 0. The monoisotopic (exact) mass is 307 g/mol. The SMILES string of the molecule is Cc1nc(-c2c[nH]c(C(=O)NCC(C)CC(C)O)c2)cs1. The van der Waals surface area contributed by atoms with Gasteiger partial charge in [0, 0.05) is 23.7 Å². The van der Waals surface area contributed by atoms with Crippen LogP contribution in [0.25, 0.3) is 11.3 Å². The second kappa shape index (κ2) is 6.87. The first-order valence-electron chi connectivity index (χ1n) is 7.03. The lowest BCUT2D eigenvalue weighted by atomic mass is 10.0. The van der Waals surface area contributed by atoms with E-state index < -0.39 is 0 Å². The number of aromatic amines is 1. The lowest BCUT2D eigenvalue weighted by Gasteiger charge is -2.13. The Morgan fingerprint density at radius 1 is 1.52 bits per heavy atom. The van der Waals surface area contributed by atoms with E-state index in [1.165, 1.54) is 0 Å². The minimum Gasteiger partial charge on any atom is -0.393 e. The van der Waals surface area contributed by atoms with E-state index >= 15 is 0 Å². The van der Waals surface area contributed by atoms with Crippen molar-refractivity contribution in [2.45, 2.75) is 33.3 Å². The number of carbonyl (C=O) groups is 1. The summed E-state index contributed by atoms with van der Waals surface area (Å²) in [6.07, 6.45) is 2.12. The maximum atomic E-state index is 12.1. The smallest absolute Gasteiger partial charge is 0.267 e. The van der Waals surface area contributed by atoms with E-state index in [-0.39, 0.29) is 17.9 Å². The van der Waals surface area contributed by atoms with Crippen molar-refractivity contribution in [1.29, 1.82) is 0 Å². The molecule has 2 aromatic rings. The van der Waals surface area contributed by atoms with E-state index in [1.807, 2.05) is 25.3 Å². The Bertz CT molecular complexity index is 604. The third-order valence-electron chi connectivity index (χ3n) is 3.20. The van der Waals surface area contributed by atoms with Gasteiger partial charge in [-0.2, -0.15) is 0 Å². The molecule has 0 fully saturated rings. The van der Waals surface area contributed by atoms with Crippen molar-refractivity contribution in [2.24, 2.45) is 5.92 Å². The molecule has 5 nitrogen and oxygen atoms in total. The lowest BCUT2D eigenvalue weighted by Crippen LogP contribution is -2.29. The quantitative estimate of drug-likeness (QED) is 0.767. The van der Waals surface area contributed by atoms with Crippen LogP contribution in [0.15, 0.2) is 17.6 Å². The van der Waals surface area contributed by atoms with Crippen LogP contribution in [0.2, 0.25) is 0 Å². The molecule has 2 atom stereocenters. The highest BCUT2D eigenvalue weighted by Gasteiger charge is 2.13. The molecule has 0 saturated carbocycles. The molecular formula is C15H21N3O2S. The van der Waals surface area contributed by atoms with Gasteiger partial charge in [-0.15, -0.1) is 11.3 Å². The van der Waals surface area contributed by atoms with Crippen LogP contribution in [0.4, 0.5) is 0 Å². The van der Waals surface area contributed by atoms with Gasteiger partial charge in [-0.05, 0) is 32.3 Å². The number of amides is 1. The maximum Gasteiger partial charge on any atom is 0.267 e. The molecule has 0 bridgehead atoms. The molecule has 0 aliphatic heterocycles. The van der Waals surface area contributed by atoms with E-state index in [1.54, 1.807) is 24.5 Å². The summed E-state index contributed by atoms with van der Waals surface area (Å²) in [7, 11) is 0. The van der Waals surface area contributed by atoms with Crippen LogP contribution in [0.5, 0.6) is 0 Å². The Kier molecular flexibility index (Phi) is 5.14. The van der Waals surface area contributed by atoms with E-state index in [9.17, 15) is 9.90 Å². The molecule has 0 saturated heterocycles. The molecule has 1 amide bonds. The zero-order chi connectivity index (χ0) is 15.4. The molecule has 6 heteroatoms. The van der Waals surface area contributed by atoms with Crippen molar-refractivity contribution in [3.63, 3.8) is 0 Å². The molecule has 2 unspecified atom stereocenters. The van der Waals surface area contributed by atoms with Crippen LogP contribution in [0.1, 0.15) is 35.8 Å². The largest absolute Gasteiger partial charge is 0.393 e. The summed E-state index contributed by atoms with van der Waals surface area (Å²) >= 11 is 1.59. The van der Waals surface area contributed by atoms with Crippen LogP contribution >= 0.6 is 11.3 Å². The van der Waals surface area contributed by atoms with Crippen LogP contribution in [0, 0.1) is 12.8 Å². The van der Waals surface area contributed by atoms with Gasteiger partial charge >= 0.3 is 0 Å². The number of thiazole rings is 1. The normalized spacial score (nSPS) is 13.9. The Labute approximate surface area is 128 Å². The van der Waals surface area contributed by atoms with Crippen molar-refractivity contribution in [2.75, 3.05) is 6.54 Å². The molecule has 114 valence electrons. The molecule has 0 spiro atoms. The predicted octanol–water partition coefficient (Wildman–Crippen LogP) is 2.58. The first-order valence-corrected chi connectivity index (χ1v) is 7.91. The number of aliphatic hydroxyl groups is 1. The predicted molar refractivity (Wildman–Crippen MR) is 84.4 cm³/mol. The molecule has 3 N–H and O–H groups in total. The Morgan fingerprint density at radius 2 is 2.29 bits per heavy atom. The summed E-state index contributed by atoms with van der Waals surface area (Å²) in [6.45, 7) is 6.27. The Hall–Kier alpha value is -1.66. The number of nitrogens with zero attached hydrogens (tertiary/aromatic N) is 1. The minimum absolute atomic E-state index is 0.134. The molecule has 2 aromatic heterocycles. The number of aliphatic hydroxyl groups excluding tert-OH is 1. The highest BCUT2D eigenvalue weighted by atomic mass is 32.1. The Morgan fingerprint density at radius 3 is 2.90 bits per heavy atom. The number of rotatable bonds is 6. The van der Waals surface area contributed by atoms with E-state index in [2.05, 4.69) is 15.3 Å². The van der Waals surface area contributed by atoms with E-state index in [0.717, 1.165) is 16.3 Å². The number of hydrogen-bond donors (Lipinski definition) is 3. The first-order chi connectivity index (χ1) is 9.95. The summed E-state index contributed by atoms with van der Waals surface area (Å²) in [4.78, 5) is 19.4. The summed E-state index contributed by atoms with van der Waals surface area (Å²) in [5.41, 5.74) is 2.33. The number of carbonyl (C=O) groups excluding carboxylic acids is 1. The van der Waals surface area contributed by atoms with Crippen molar-refractivity contribution < 1.29 is 9.90 Å². The molecule has 0 aliphatic rings. The average molecular weight is 307 g/mol. The van der Waals surface area contributed by atoms with E-state index in [0.29, 0.717) is 18.7 Å². The van der Waals surface area contributed by atoms with Gasteiger partial charge in [0.2, 0.25) is 0 Å². The summed E-state index contributed by atoms with van der Waals surface area (Å²) in [5, 5.41) is 15.2. The van der Waals surface area contributed by atoms with Crippen LogP contribution in [-0.2, 0) is 0 Å². The van der Waals surface area contributed by atoms with Gasteiger partial charge in [-0.3, -0.25) is 4.79 Å². The minimum atomic E-state index is -0.345. The van der Waals surface area contributed by atoms with Crippen molar-refractivity contribution in [3.8, 4) is 11.3 Å². The highest BCUT2D eigenvalue weighted by molar-refractivity contribution is 7.09. The average Bonchev–Trinajstić information content (AvgIpc) is 3.03. The molecular weight excluding hydrogens is 286 g/mol. The fourth-order valence-electron chi connectivity index (χ4n) is 2.20. The topological polar surface area (TPSA) is 78.0 Å². The van der Waals surface area contributed by atoms with Crippen LogP contribution in [-0.4, -0.2) is 33.6 Å². The second-order valence-corrected chi connectivity index (χ2v) is 6.52. The number of H-pyrrole nitrogens is 1. The van der Waals surface area contributed by atoms with Gasteiger partial charge < -0.3 is 15.4 Å². The number of hydrogen-bond acceptors (Lipinski definition) is 4. The molecule has 0 aromatic carbocycles. The fourth-order valence-corrected chi connectivity index (χ4v) is 2.82. The summed E-state index contributed by atoms with van der Waals surface area (Å²) in [6, 6.07) is 1.81. The third kappa shape index (κ3) is 4.41. The molecule has 0 radical (unpaired) electrons. The van der Waals surface area contributed by atoms with Gasteiger partial charge in [0.25, 0.3) is 5.91 Å². The zero-order valence-electron chi connectivity index (χ0n) is 12.5. The van der Waals surface area contributed by atoms with Crippen LogP contribution < -0.4 is 5.32 Å². The van der Waals surface area contributed by atoms with Crippen molar-refractivity contribution >= 4 is 17.2 Å². The molecule has 2 rings (SSSR count). The fraction of sp³-hybridized carbons (Fsp3) is 0.467.